The highest BCUT2D eigenvalue weighted by Gasteiger charge is 2.10. The second kappa shape index (κ2) is 4.32. The lowest BCUT2D eigenvalue weighted by molar-refractivity contribution is 0.102. The number of nitrogens with one attached hydrogen (secondary N) is 1. The van der Waals surface area contributed by atoms with Crippen molar-refractivity contribution in [3.8, 4) is 0 Å². The summed E-state index contributed by atoms with van der Waals surface area (Å²) < 4.78 is 12.6. The van der Waals surface area contributed by atoms with E-state index >= 15 is 0 Å². The third kappa shape index (κ3) is 2.20. The molecule has 0 bridgehead atoms. The smallest absolute Gasteiger partial charge is 0.258 e. The van der Waals surface area contributed by atoms with Crippen LogP contribution in [0.5, 0.6) is 0 Å². The van der Waals surface area contributed by atoms with Crippen LogP contribution in [0.25, 0.3) is 0 Å². The van der Waals surface area contributed by atoms with E-state index in [1.807, 2.05) is 0 Å². The van der Waals surface area contributed by atoms with Crippen LogP contribution < -0.4 is 11.1 Å². The first-order valence-corrected chi connectivity index (χ1v) is 5.44. The van der Waals surface area contributed by atoms with Crippen LogP contribution in [-0.2, 0) is 0 Å². The number of amides is 1. The second-order valence-electron chi connectivity index (χ2n) is 3.16. The van der Waals surface area contributed by atoms with Crippen LogP contribution in [0.3, 0.4) is 0 Å². The quantitative estimate of drug-likeness (QED) is 0.842. The molecule has 1 heterocycles. The molecular weight excluding hydrogens is 227 g/mol. The van der Waals surface area contributed by atoms with Crippen molar-refractivity contribution in [1.29, 1.82) is 0 Å². The van der Waals surface area contributed by atoms with E-state index in [0.29, 0.717) is 16.3 Å². The largest absolute Gasteiger partial charge is 0.390 e. The number of carbonyl (C=O) groups is 1. The van der Waals surface area contributed by atoms with E-state index < -0.39 is 0 Å². The Kier molecular flexibility index (Phi) is 2.87. The van der Waals surface area contributed by atoms with Gasteiger partial charge in [0, 0.05) is 5.69 Å². The minimum atomic E-state index is -0.340. The maximum absolute atomic E-state index is 12.6. The Balaban J connectivity index is 2.14. The van der Waals surface area contributed by atoms with Crippen LogP contribution in [0.4, 0.5) is 15.1 Å². The highest BCUT2D eigenvalue weighted by Crippen LogP contribution is 2.20. The number of rotatable bonds is 2. The molecule has 16 heavy (non-hydrogen) atoms. The second-order valence-corrected chi connectivity index (χ2v) is 4.11. The van der Waals surface area contributed by atoms with Gasteiger partial charge in [-0.2, -0.15) is 0 Å². The van der Waals surface area contributed by atoms with Gasteiger partial charge in [-0.15, -0.1) is 11.3 Å². The molecule has 1 amide bonds. The van der Waals surface area contributed by atoms with Crippen LogP contribution in [0.2, 0.25) is 0 Å². The zero-order chi connectivity index (χ0) is 11.5. The van der Waals surface area contributed by atoms with Gasteiger partial charge in [0.25, 0.3) is 5.91 Å². The minimum Gasteiger partial charge on any atom is -0.390 e. The lowest BCUT2D eigenvalue weighted by Crippen LogP contribution is -2.12. The van der Waals surface area contributed by atoms with Crippen LogP contribution in [0, 0.1) is 5.82 Å². The van der Waals surface area contributed by atoms with Crippen molar-refractivity contribution in [1.82, 2.24) is 0 Å². The van der Waals surface area contributed by atoms with Crippen molar-refractivity contribution in [2.45, 2.75) is 0 Å². The Morgan fingerprint density at radius 3 is 2.50 bits per heavy atom. The molecule has 2 rings (SSSR count). The number of hydrogen-bond donors (Lipinski definition) is 2. The zero-order valence-electron chi connectivity index (χ0n) is 8.24. The number of nitrogen functional groups attached to an aromatic ring is 1. The average Bonchev–Trinajstić information content (AvgIpc) is 2.68. The van der Waals surface area contributed by atoms with Crippen molar-refractivity contribution < 1.29 is 9.18 Å². The molecule has 0 aliphatic carbocycles. The van der Waals surface area contributed by atoms with E-state index in [2.05, 4.69) is 5.32 Å². The Hall–Kier alpha value is -1.88. The third-order valence-electron chi connectivity index (χ3n) is 2.04. The summed E-state index contributed by atoms with van der Waals surface area (Å²) in [5.41, 5.74) is 6.59. The summed E-state index contributed by atoms with van der Waals surface area (Å²) in [6.07, 6.45) is 0. The molecule has 1 aromatic carbocycles. The summed E-state index contributed by atoms with van der Waals surface area (Å²) in [6.45, 7) is 0. The van der Waals surface area contributed by atoms with E-state index in [1.165, 1.54) is 35.6 Å². The van der Waals surface area contributed by atoms with Crippen molar-refractivity contribution in [2.75, 3.05) is 11.1 Å². The highest BCUT2D eigenvalue weighted by molar-refractivity contribution is 7.14. The molecule has 1 aromatic heterocycles. The van der Waals surface area contributed by atoms with Crippen LogP contribution in [-0.4, -0.2) is 5.91 Å². The molecule has 5 heteroatoms. The summed E-state index contributed by atoms with van der Waals surface area (Å²) in [4.78, 5) is 11.7. The summed E-state index contributed by atoms with van der Waals surface area (Å²) in [7, 11) is 0. The van der Waals surface area contributed by atoms with Crippen molar-refractivity contribution in [3.63, 3.8) is 0 Å². The van der Waals surface area contributed by atoms with Crippen molar-refractivity contribution in [3.05, 3.63) is 47.1 Å². The van der Waals surface area contributed by atoms with Crippen LogP contribution >= 0.6 is 11.3 Å². The fourth-order valence-corrected chi connectivity index (χ4v) is 1.88. The fourth-order valence-electron chi connectivity index (χ4n) is 1.24. The van der Waals surface area contributed by atoms with Gasteiger partial charge in [-0.1, -0.05) is 0 Å². The number of nitrogens with two attached hydrogens (primary N) is 1. The van der Waals surface area contributed by atoms with E-state index in [4.69, 9.17) is 5.73 Å². The van der Waals surface area contributed by atoms with Gasteiger partial charge < -0.3 is 11.1 Å². The molecule has 0 saturated heterocycles. The molecule has 3 N–H and O–H groups in total. The van der Waals surface area contributed by atoms with Gasteiger partial charge in [-0.3, -0.25) is 4.79 Å². The number of halogens is 1. The number of thiophene rings is 1. The van der Waals surface area contributed by atoms with E-state index in [1.54, 1.807) is 11.4 Å². The number of hydrogen-bond acceptors (Lipinski definition) is 3. The maximum Gasteiger partial charge on any atom is 0.258 e. The number of carbonyl (C=O) groups excluding carboxylic acids is 1. The first-order valence-electron chi connectivity index (χ1n) is 4.56. The fraction of sp³-hybridized carbons (Fsp3) is 0. The van der Waals surface area contributed by atoms with Gasteiger partial charge >= 0.3 is 0 Å². The normalized spacial score (nSPS) is 10.1. The summed E-state index contributed by atoms with van der Waals surface area (Å²) in [5.74, 6) is -0.626. The topological polar surface area (TPSA) is 55.1 Å². The minimum absolute atomic E-state index is 0.287. The predicted octanol–water partition coefficient (Wildman–Crippen LogP) is 2.72. The summed E-state index contributed by atoms with van der Waals surface area (Å²) >= 11 is 1.30. The lowest BCUT2D eigenvalue weighted by atomic mass is 10.2. The van der Waals surface area contributed by atoms with Crippen molar-refractivity contribution in [2.24, 2.45) is 0 Å². The Labute approximate surface area is 95.7 Å². The molecule has 0 spiro atoms. The summed E-state index contributed by atoms with van der Waals surface area (Å²) in [5, 5.41) is 4.85. The predicted molar refractivity (Wildman–Crippen MR) is 63.1 cm³/mol. The molecular formula is C11H9FN2OS. The Bertz CT molecular complexity index is 507. The molecule has 82 valence electrons. The molecule has 0 atom stereocenters. The Morgan fingerprint density at radius 2 is 1.94 bits per heavy atom. The molecule has 2 aromatic rings. The molecule has 0 saturated carbocycles. The third-order valence-corrected chi connectivity index (χ3v) is 2.79. The summed E-state index contributed by atoms with van der Waals surface area (Å²) in [6, 6.07) is 7.21. The van der Waals surface area contributed by atoms with E-state index in [9.17, 15) is 9.18 Å². The van der Waals surface area contributed by atoms with Gasteiger partial charge in [0.05, 0.1) is 10.6 Å². The molecule has 0 aliphatic rings. The lowest BCUT2D eigenvalue weighted by Gasteiger charge is -2.04. The van der Waals surface area contributed by atoms with Crippen LogP contribution in [0.15, 0.2) is 35.7 Å². The van der Waals surface area contributed by atoms with Gasteiger partial charge in [0.15, 0.2) is 0 Å². The molecule has 0 fully saturated rings. The van der Waals surface area contributed by atoms with Crippen LogP contribution in [0.1, 0.15) is 10.4 Å². The zero-order valence-corrected chi connectivity index (χ0v) is 9.05. The maximum atomic E-state index is 12.6. The van der Waals surface area contributed by atoms with Crippen molar-refractivity contribution >= 4 is 27.9 Å². The van der Waals surface area contributed by atoms with E-state index in [0.717, 1.165) is 0 Å². The van der Waals surface area contributed by atoms with Gasteiger partial charge in [0.1, 0.15) is 5.82 Å². The number of anilines is 2. The standard InChI is InChI=1S/C11H9FN2OS/c12-7-1-3-8(4-2-7)14-11(15)9-5-6-16-10(9)13/h1-6H,13H2,(H,14,15). The SMILES string of the molecule is Nc1sccc1C(=O)Nc1ccc(F)cc1. The van der Waals surface area contributed by atoms with E-state index in [-0.39, 0.29) is 11.7 Å². The Morgan fingerprint density at radius 1 is 1.25 bits per heavy atom. The van der Waals surface area contributed by atoms with Gasteiger partial charge in [-0.25, -0.2) is 4.39 Å². The molecule has 0 aliphatic heterocycles. The average molecular weight is 236 g/mol. The molecule has 0 unspecified atom stereocenters. The monoisotopic (exact) mass is 236 g/mol. The van der Waals surface area contributed by atoms with Gasteiger partial charge in [-0.05, 0) is 35.7 Å². The highest BCUT2D eigenvalue weighted by atomic mass is 32.1. The first-order chi connectivity index (χ1) is 7.66. The number of benzene rings is 1. The van der Waals surface area contributed by atoms with Gasteiger partial charge in [0.2, 0.25) is 0 Å². The molecule has 0 radical (unpaired) electrons. The molecule has 3 nitrogen and oxygen atoms in total. The first kappa shape index (κ1) is 10.6.